The molecule has 0 spiro atoms. The predicted molar refractivity (Wildman–Crippen MR) is 94.7 cm³/mol. The average Bonchev–Trinajstić information content (AvgIpc) is 2.50. The maximum atomic E-state index is 12.3. The fourth-order valence-corrected chi connectivity index (χ4v) is 2.32. The molecule has 0 aliphatic rings. The van der Waals surface area contributed by atoms with Crippen LogP contribution in [0.15, 0.2) is 35.5 Å². The van der Waals surface area contributed by atoms with Crippen molar-refractivity contribution in [1.82, 2.24) is 0 Å². The molecule has 0 bridgehead atoms. The molecule has 0 saturated heterocycles. The summed E-state index contributed by atoms with van der Waals surface area (Å²) in [6.07, 6.45) is 6.93. The van der Waals surface area contributed by atoms with E-state index in [0.717, 1.165) is 18.3 Å². The van der Waals surface area contributed by atoms with Gasteiger partial charge in [0, 0.05) is 18.3 Å². The van der Waals surface area contributed by atoms with E-state index in [9.17, 15) is 9.59 Å². The van der Waals surface area contributed by atoms with Crippen LogP contribution >= 0.6 is 0 Å². The topological polar surface area (TPSA) is 34.1 Å². The van der Waals surface area contributed by atoms with Crippen LogP contribution < -0.4 is 0 Å². The van der Waals surface area contributed by atoms with Crippen molar-refractivity contribution in [2.45, 2.75) is 60.8 Å². The Hall–Kier alpha value is -1.44. The molecule has 2 unspecified atom stereocenters. The summed E-state index contributed by atoms with van der Waals surface area (Å²) in [5.74, 6) is 0.427. The highest BCUT2D eigenvalue weighted by atomic mass is 16.1. The van der Waals surface area contributed by atoms with Crippen molar-refractivity contribution in [2.24, 2.45) is 17.8 Å². The summed E-state index contributed by atoms with van der Waals surface area (Å²) in [7, 11) is 0. The van der Waals surface area contributed by atoms with Crippen LogP contribution in [0, 0.1) is 17.8 Å². The second-order valence-electron chi connectivity index (χ2n) is 6.44. The minimum Gasteiger partial charge on any atom is -0.303 e. The van der Waals surface area contributed by atoms with Gasteiger partial charge in [0.1, 0.15) is 12.1 Å². The summed E-state index contributed by atoms with van der Waals surface area (Å²) in [6, 6.07) is 0. The number of ketones is 1. The Morgan fingerprint density at radius 3 is 2.18 bits per heavy atom. The Kier molecular flexibility index (Phi) is 9.64. The van der Waals surface area contributed by atoms with Crippen molar-refractivity contribution in [3.8, 4) is 0 Å². The zero-order chi connectivity index (χ0) is 17.3. The Labute approximate surface area is 136 Å². The number of hydrogen-bond acceptors (Lipinski definition) is 2. The number of rotatable bonds is 10. The molecule has 0 aromatic rings. The molecule has 0 fully saturated rings. The first-order valence-corrected chi connectivity index (χ1v) is 8.27. The highest BCUT2D eigenvalue weighted by Gasteiger charge is 2.22. The van der Waals surface area contributed by atoms with Crippen molar-refractivity contribution < 1.29 is 9.59 Å². The lowest BCUT2D eigenvalue weighted by Crippen LogP contribution is -2.21. The monoisotopic (exact) mass is 304 g/mol. The Morgan fingerprint density at radius 2 is 1.73 bits per heavy atom. The second kappa shape index (κ2) is 10.3. The van der Waals surface area contributed by atoms with Crippen LogP contribution in [0.25, 0.3) is 0 Å². The lowest BCUT2D eigenvalue weighted by molar-refractivity contribution is -0.124. The number of carbonyl (C=O) groups is 2. The first-order chi connectivity index (χ1) is 10.3. The maximum absolute atomic E-state index is 12.3. The summed E-state index contributed by atoms with van der Waals surface area (Å²) >= 11 is 0. The summed E-state index contributed by atoms with van der Waals surface area (Å²) in [5.41, 5.74) is 3.39. The van der Waals surface area contributed by atoms with Crippen LogP contribution in [0.2, 0.25) is 0 Å². The van der Waals surface area contributed by atoms with Gasteiger partial charge in [0.2, 0.25) is 0 Å². The molecule has 0 aliphatic carbocycles. The van der Waals surface area contributed by atoms with Gasteiger partial charge in [-0.2, -0.15) is 0 Å². The highest BCUT2D eigenvalue weighted by Crippen LogP contribution is 2.23. The third-order valence-corrected chi connectivity index (χ3v) is 4.45. The van der Waals surface area contributed by atoms with Crippen LogP contribution in [0.1, 0.15) is 60.8 Å². The third-order valence-electron chi connectivity index (χ3n) is 4.45. The van der Waals surface area contributed by atoms with Crippen LogP contribution in [-0.4, -0.2) is 12.1 Å². The first-order valence-electron chi connectivity index (χ1n) is 8.27. The summed E-state index contributed by atoms with van der Waals surface area (Å²) in [5, 5.41) is 0. The van der Waals surface area contributed by atoms with Crippen LogP contribution in [-0.2, 0) is 9.59 Å². The Morgan fingerprint density at radius 1 is 1.14 bits per heavy atom. The molecular formula is C20H32O2. The molecule has 0 radical (unpaired) electrons. The molecule has 0 rings (SSSR count). The van der Waals surface area contributed by atoms with Gasteiger partial charge < -0.3 is 4.79 Å². The van der Waals surface area contributed by atoms with E-state index < -0.39 is 0 Å². The molecule has 0 N–H and O–H groups in total. The maximum Gasteiger partial charge on any atom is 0.142 e. The van der Waals surface area contributed by atoms with Crippen LogP contribution in [0.4, 0.5) is 0 Å². The quantitative estimate of drug-likeness (QED) is 0.405. The van der Waals surface area contributed by atoms with E-state index in [4.69, 9.17) is 0 Å². The summed E-state index contributed by atoms with van der Waals surface area (Å²) < 4.78 is 0. The van der Waals surface area contributed by atoms with Crippen molar-refractivity contribution in [2.75, 3.05) is 0 Å². The number of allylic oxidation sites excluding steroid dienone is 5. The molecule has 0 aliphatic heterocycles. The first kappa shape index (κ1) is 20.6. The molecule has 2 atom stereocenters. The number of aldehydes is 1. The van der Waals surface area contributed by atoms with Gasteiger partial charge in [-0.3, -0.25) is 4.79 Å². The molecule has 0 aromatic heterocycles. The molecule has 2 heteroatoms. The predicted octanol–water partition coefficient (Wildman–Crippen LogP) is 5.30. The average molecular weight is 304 g/mol. The smallest absolute Gasteiger partial charge is 0.142 e. The molecular weight excluding hydrogens is 272 g/mol. The third kappa shape index (κ3) is 6.55. The fourth-order valence-electron chi connectivity index (χ4n) is 2.32. The number of carbonyl (C=O) groups excluding carboxylic acids is 2. The van der Waals surface area contributed by atoms with Gasteiger partial charge in [-0.05, 0) is 38.2 Å². The van der Waals surface area contributed by atoms with Gasteiger partial charge in [0.05, 0.1) is 0 Å². The van der Waals surface area contributed by atoms with E-state index >= 15 is 0 Å². The van der Waals surface area contributed by atoms with Crippen molar-refractivity contribution in [3.05, 3.63) is 35.5 Å². The van der Waals surface area contributed by atoms with Gasteiger partial charge >= 0.3 is 0 Å². The van der Waals surface area contributed by atoms with Crippen molar-refractivity contribution in [1.29, 1.82) is 0 Å². The molecule has 2 nitrogen and oxygen atoms in total. The SMILES string of the molecule is C=C(/C=C\C(C)=C(\C)C(C)CC)C(CCC=O)C(=O)C(C)C. The van der Waals surface area contributed by atoms with Crippen molar-refractivity contribution in [3.63, 3.8) is 0 Å². The summed E-state index contributed by atoms with van der Waals surface area (Å²) in [4.78, 5) is 22.9. The van der Waals surface area contributed by atoms with Gasteiger partial charge in [0.15, 0.2) is 0 Å². The van der Waals surface area contributed by atoms with E-state index in [0.29, 0.717) is 18.8 Å². The minimum atomic E-state index is -0.252. The molecule has 0 saturated carbocycles. The van der Waals surface area contributed by atoms with E-state index in [1.54, 1.807) is 0 Å². The van der Waals surface area contributed by atoms with Gasteiger partial charge in [-0.15, -0.1) is 0 Å². The van der Waals surface area contributed by atoms with Gasteiger partial charge in [-0.1, -0.05) is 57.6 Å². The number of hydrogen-bond donors (Lipinski definition) is 0. The lowest BCUT2D eigenvalue weighted by atomic mass is 9.85. The number of Topliss-reactive ketones (excluding diaryl/α,β-unsaturated/α-hetero) is 1. The van der Waals surface area contributed by atoms with Gasteiger partial charge in [0.25, 0.3) is 0 Å². The highest BCUT2D eigenvalue weighted by molar-refractivity contribution is 5.86. The fraction of sp³-hybridized carbons (Fsp3) is 0.600. The van der Waals surface area contributed by atoms with Gasteiger partial charge in [-0.25, -0.2) is 0 Å². The zero-order valence-corrected chi connectivity index (χ0v) is 15.1. The van der Waals surface area contributed by atoms with Crippen molar-refractivity contribution >= 4 is 12.1 Å². The standard InChI is InChI=1S/C20H32O2/c1-8-15(4)18(7)16(5)11-12-17(6)19(10-9-13-21)20(22)14(2)3/h11-15,19H,6,8-10H2,1-5,7H3/b12-11-,18-16-. The Bertz CT molecular complexity index is 452. The minimum absolute atomic E-state index is 0.0414. The lowest BCUT2D eigenvalue weighted by Gasteiger charge is -2.18. The molecule has 22 heavy (non-hydrogen) atoms. The van der Waals surface area contributed by atoms with Crippen LogP contribution in [0.3, 0.4) is 0 Å². The normalized spacial score (nSPS) is 15.6. The van der Waals surface area contributed by atoms with Crippen LogP contribution in [0.5, 0.6) is 0 Å². The summed E-state index contributed by atoms with van der Waals surface area (Å²) in [6.45, 7) is 16.5. The van der Waals surface area contributed by atoms with E-state index in [-0.39, 0.29) is 17.6 Å². The van der Waals surface area contributed by atoms with E-state index in [1.165, 1.54) is 11.1 Å². The molecule has 124 valence electrons. The molecule has 0 heterocycles. The molecule has 0 aromatic carbocycles. The second-order valence-corrected chi connectivity index (χ2v) is 6.44. The Balaban J connectivity index is 5.13. The molecule has 0 amide bonds. The van der Waals surface area contributed by atoms with E-state index in [1.807, 2.05) is 26.0 Å². The van der Waals surface area contributed by atoms with E-state index in [2.05, 4.69) is 34.3 Å². The largest absolute Gasteiger partial charge is 0.303 e. The zero-order valence-electron chi connectivity index (χ0n) is 15.1.